The molecular formula is C21H10Cl2F2N4O2. The number of benzene rings is 2. The molecule has 2 aromatic heterocycles. The van der Waals surface area contributed by atoms with Crippen molar-refractivity contribution in [3.05, 3.63) is 81.1 Å². The average Bonchev–Trinajstić information content (AvgIpc) is 3.16. The van der Waals surface area contributed by atoms with Gasteiger partial charge in [-0.15, -0.1) is 0 Å². The lowest BCUT2D eigenvalue weighted by Crippen LogP contribution is -2.29. The van der Waals surface area contributed by atoms with E-state index in [0.29, 0.717) is 16.1 Å². The summed E-state index contributed by atoms with van der Waals surface area (Å²) in [5.74, 6) is -2.77. The number of imide groups is 1. The van der Waals surface area contributed by atoms with Gasteiger partial charge in [0.1, 0.15) is 11.6 Å². The molecule has 0 N–H and O–H groups in total. The van der Waals surface area contributed by atoms with E-state index in [1.807, 2.05) is 0 Å². The van der Waals surface area contributed by atoms with Gasteiger partial charge < -0.3 is 0 Å². The van der Waals surface area contributed by atoms with Gasteiger partial charge in [0.25, 0.3) is 11.8 Å². The number of carbonyl (C=O) groups excluding carboxylic acids is 2. The molecule has 6 nitrogen and oxygen atoms in total. The van der Waals surface area contributed by atoms with Crippen molar-refractivity contribution in [1.29, 1.82) is 0 Å². The number of aromatic nitrogens is 3. The van der Waals surface area contributed by atoms with Crippen LogP contribution in [0.2, 0.25) is 10.0 Å². The Kier molecular flexibility index (Phi) is 4.32. The Hall–Kier alpha value is -3.36. The first kappa shape index (κ1) is 19.6. The number of hydrogen-bond donors (Lipinski definition) is 0. The minimum atomic E-state index is -0.785. The van der Waals surface area contributed by atoms with Gasteiger partial charge in [-0.25, -0.2) is 23.3 Å². The Morgan fingerprint density at radius 1 is 0.968 bits per heavy atom. The number of anilines is 1. The van der Waals surface area contributed by atoms with E-state index in [0.717, 1.165) is 23.1 Å². The average molecular weight is 459 g/mol. The van der Waals surface area contributed by atoms with E-state index >= 15 is 0 Å². The lowest BCUT2D eigenvalue weighted by Gasteiger charge is -2.15. The predicted octanol–water partition coefficient (Wildman–Crippen LogP) is 5.11. The summed E-state index contributed by atoms with van der Waals surface area (Å²) in [6.07, 6.45) is 1.25. The fourth-order valence-corrected chi connectivity index (χ4v) is 4.18. The van der Waals surface area contributed by atoms with E-state index < -0.39 is 23.4 Å². The Morgan fingerprint density at radius 2 is 1.68 bits per heavy atom. The molecule has 0 unspecified atom stereocenters. The highest BCUT2D eigenvalue weighted by Gasteiger charge is 2.40. The molecule has 0 saturated carbocycles. The van der Waals surface area contributed by atoms with Crippen LogP contribution in [0.25, 0.3) is 16.7 Å². The first-order valence-corrected chi connectivity index (χ1v) is 9.70. The highest BCUT2D eigenvalue weighted by Crippen LogP contribution is 2.38. The summed E-state index contributed by atoms with van der Waals surface area (Å²) in [5, 5.41) is 5.10. The third kappa shape index (κ3) is 2.90. The van der Waals surface area contributed by atoms with Crippen LogP contribution in [0.3, 0.4) is 0 Å². The maximum absolute atomic E-state index is 13.7. The molecule has 3 heterocycles. The summed E-state index contributed by atoms with van der Waals surface area (Å²) in [5.41, 5.74) is 1.01. The van der Waals surface area contributed by atoms with E-state index in [9.17, 15) is 18.4 Å². The van der Waals surface area contributed by atoms with E-state index in [2.05, 4.69) is 10.1 Å². The van der Waals surface area contributed by atoms with E-state index in [-0.39, 0.29) is 33.2 Å². The van der Waals surface area contributed by atoms with Crippen LogP contribution < -0.4 is 4.90 Å². The summed E-state index contributed by atoms with van der Waals surface area (Å²) < 4.78 is 28.7. The quantitative estimate of drug-likeness (QED) is 0.391. The Balaban J connectivity index is 1.72. The van der Waals surface area contributed by atoms with Crippen LogP contribution in [0.4, 0.5) is 14.5 Å². The van der Waals surface area contributed by atoms with Crippen LogP contribution in [0, 0.1) is 18.6 Å². The molecule has 0 fully saturated rings. The first-order valence-electron chi connectivity index (χ1n) is 8.95. The number of pyridine rings is 1. The highest BCUT2D eigenvalue weighted by atomic mass is 35.5. The lowest BCUT2D eigenvalue weighted by atomic mass is 10.1. The van der Waals surface area contributed by atoms with Crippen molar-refractivity contribution in [2.45, 2.75) is 6.92 Å². The van der Waals surface area contributed by atoms with Crippen molar-refractivity contribution >= 4 is 51.7 Å². The van der Waals surface area contributed by atoms with Gasteiger partial charge in [0.15, 0.2) is 5.65 Å². The molecule has 1 aliphatic heterocycles. The summed E-state index contributed by atoms with van der Waals surface area (Å²) in [4.78, 5) is 31.5. The summed E-state index contributed by atoms with van der Waals surface area (Å²) in [6.45, 7) is 1.62. The van der Waals surface area contributed by atoms with Gasteiger partial charge in [0.05, 0.1) is 38.6 Å². The maximum atomic E-state index is 13.7. The van der Waals surface area contributed by atoms with Crippen LogP contribution in [0.1, 0.15) is 26.4 Å². The summed E-state index contributed by atoms with van der Waals surface area (Å²) in [7, 11) is 0. The van der Waals surface area contributed by atoms with Gasteiger partial charge in [0.2, 0.25) is 0 Å². The fourth-order valence-electron chi connectivity index (χ4n) is 3.68. The van der Waals surface area contributed by atoms with Crippen molar-refractivity contribution in [2.75, 3.05) is 4.90 Å². The highest BCUT2D eigenvalue weighted by molar-refractivity contribution is 6.42. The molecule has 5 rings (SSSR count). The van der Waals surface area contributed by atoms with E-state index in [4.69, 9.17) is 23.2 Å². The molecule has 4 aromatic rings. The van der Waals surface area contributed by atoms with Gasteiger partial charge in [-0.2, -0.15) is 5.10 Å². The number of carbonyl (C=O) groups is 2. The third-order valence-corrected chi connectivity index (χ3v) is 5.50. The van der Waals surface area contributed by atoms with Crippen LogP contribution >= 0.6 is 23.2 Å². The molecule has 0 spiro atoms. The normalized spacial score (nSPS) is 13.4. The molecule has 31 heavy (non-hydrogen) atoms. The Labute approximate surface area is 183 Å². The monoisotopic (exact) mass is 458 g/mol. The van der Waals surface area contributed by atoms with Gasteiger partial charge in [-0.3, -0.25) is 9.59 Å². The number of nitrogens with zero attached hydrogens (tertiary/aromatic N) is 4. The second kappa shape index (κ2) is 6.83. The summed E-state index contributed by atoms with van der Waals surface area (Å²) in [6, 6.07) is 7.35. The standard InChI is InChI=1S/C21H10Cl2F2N4O2/c1-9-17-18-14(20(30)28(21(18)31)16-3-2-10(22)4-15(16)23)8-26-19(17)29(27-9)13-6-11(24)5-12(25)7-13/h2-8H,1H3. The van der Waals surface area contributed by atoms with Crippen molar-refractivity contribution in [3.8, 4) is 5.69 Å². The summed E-state index contributed by atoms with van der Waals surface area (Å²) >= 11 is 12.1. The molecule has 2 aromatic carbocycles. The van der Waals surface area contributed by atoms with E-state index in [1.54, 1.807) is 6.92 Å². The molecule has 10 heteroatoms. The van der Waals surface area contributed by atoms with Crippen molar-refractivity contribution in [2.24, 2.45) is 0 Å². The molecule has 1 aliphatic rings. The first-order chi connectivity index (χ1) is 14.8. The lowest BCUT2D eigenvalue weighted by molar-refractivity contribution is 0.0926. The number of hydrogen-bond acceptors (Lipinski definition) is 4. The number of fused-ring (bicyclic) bond motifs is 3. The van der Waals surface area contributed by atoms with E-state index in [1.165, 1.54) is 29.1 Å². The number of amides is 2. The van der Waals surface area contributed by atoms with Gasteiger partial charge in [0, 0.05) is 17.3 Å². The fraction of sp³-hybridized carbons (Fsp3) is 0.0476. The minimum Gasteiger partial charge on any atom is -0.268 e. The van der Waals surface area contributed by atoms with Gasteiger partial charge in [-0.05, 0) is 37.3 Å². The van der Waals surface area contributed by atoms with Crippen LogP contribution in [-0.4, -0.2) is 26.6 Å². The van der Waals surface area contributed by atoms with Crippen LogP contribution in [0.15, 0.2) is 42.6 Å². The van der Waals surface area contributed by atoms with Crippen LogP contribution in [0.5, 0.6) is 0 Å². The topological polar surface area (TPSA) is 68.1 Å². The predicted molar refractivity (Wildman–Crippen MR) is 111 cm³/mol. The molecular weight excluding hydrogens is 449 g/mol. The smallest absolute Gasteiger partial charge is 0.267 e. The zero-order valence-electron chi connectivity index (χ0n) is 15.7. The van der Waals surface area contributed by atoms with Gasteiger partial charge in [-0.1, -0.05) is 23.2 Å². The molecule has 0 radical (unpaired) electrons. The molecule has 0 aliphatic carbocycles. The maximum Gasteiger partial charge on any atom is 0.267 e. The zero-order chi connectivity index (χ0) is 22.0. The van der Waals surface area contributed by atoms with Crippen molar-refractivity contribution < 1.29 is 18.4 Å². The second-order valence-electron chi connectivity index (χ2n) is 6.91. The number of aryl methyl sites for hydroxylation is 1. The zero-order valence-corrected chi connectivity index (χ0v) is 17.2. The molecule has 0 saturated heterocycles. The van der Waals surface area contributed by atoms with Crippen molar-refractivity contribution in [3.63, 3.8) is 0 Å². The molecule has 0 atom stereocenters. The largest absolute Gasteiger partial charge is 0.268 e. The Bertz CT molecular complexity index is 1430. The number of rotatable bonds is 2. The Morgan fingerprint density at radius 3 is 2.35 bits per heavy atom. The van der Waals surface area contributed by atoms with Crippen molar-refractivity contribution in [1.82, 2.24) is 14.8 Å². The molecule has 154 valence electrons. The third-order valence-electron chi connectivity index (χ3n) is 4.96. The molecule has 2 amide bonds. The van der Waals surface area contributed by atoms with Gasteiger partial charge >= 0.3 is 0 Å². The van der Waals surface area contributed by atoms with Crippen LogP contribution in [-0.2, 0) is 0 Å². The molecule has 0 bridgehead atoms. The number of halogens is 4. The second-order valence-corrected chi connectivity index (χ2v) is 7.76. The minimum absolute atomic E-state index is 0.0802. The SMILES string of the molecule is Cc1nn(-c2cc(F)cc(F)c2)c2ncc3c(c12)C(=O)N(c1ccc(Cl)cc1Cl)C3=O.